The number of nitrogens with zero attached hydrogens (tertiary/aromatic N) is 4. The minimum Gasteiger partial charge on any atom is -0.488 e. The maximum Gasteiger partial charge on any atom is 0.192 e. The van der Waals surface area contributed by atoms with Crippen molar-refractivity contribution in [3.63, 3.8) is 0 Å². The first-order valence-corrected chi connectivity index (χ1v) is 9.43. The van der Waals surface area contributed by atoms with Crippen molar-refractivity contribution in [2.24, 2.45) is 12.0 Å². The number of nitrogens with one attached hydrogen (secondary N) is 2. The molecule has 2 aromatic rings. The van der Waals surface area contributed by atoms with Crippen molar-refractivity contribution in [2.75, 3.05) is 20.3 Å². The molecule has 0 unspecified atom stereocenters. The molecule has 0 radical (unpaired) electrons. The molecule has 0 amide bonds. The Morgan fingerprint density at radius 1 is 1.18 bits per heavy atom. The fourth-order valence-corrected chi connectivity index (χ4v) is 2.44. The topological polar surface area (TPSA) is 85.6 Å². The summed E-state index contributed by atoms with van der Waals surface area (Å²) in [6, 6.07) is 7.97. The number of rotatable bonds is 8. The first kappa shape index (κ1) is 21.7. The third kappa shape index (κ3) is 6.84. The van der Waals surface area contributed by atoms with E-state index in [4.69, 9.17) is 14.5 Å². The monoisotopic (exact) mass is 388 g/mol. The van der Waals surface area contributed by atoms with Crippen LogP contribution in [-0.2, 0) is 24.9 Å². The second-order valence-corrected chi connectivity index (χ2v) is 7.48. The lowest BCUT2D eigenvalue weighted by Crippen LogP contribution is -2.39. The van der Waals surface area contributed by atoms with E-state index in [9.17, 15) is 0 Å². The molecule has 8 nitrogen and oxygen atoms in total. The van der Waals surface area contributed by atoms with Gasteiger partial charge in [-0.25, -0.2) is 4.99 Å². The highest BCUT2D eigenvalue weighted by Crippen LogP contribution is 2.23. The number of methoxy groups -OCH3 is 1. The van der Waals surface area contributed by atoms with E-state index in [1.807, 2.05) is 63.6 Å². The average molecular weight is 389 g/mol. The maximum absolute atomic E-state index is 6.06. The molecule has 0 aliphatic rings. The van der Waals surface area contributed by atoms with Gasteiger partial charge in [0, 0.05) is 26.3 Å². The average Bonchev–Trinajstić information content (AvgIpc) is 2.95. The molecule has 2 rings (SSSR count). The predicted molar refractivity (Wildman–Crippen MR) is 110 cm³/mol. The van der Waals surface area contributed by atoms with E-state index in [2.05, 4.69) is 20.8 Å². The zero-order valence-corrected chi connectivity index (χ0v) is 17.7. The quantitative estimate of drug-likeness (QED) is 0.410. The lowest BCUT2D eigenvalue weighted by Gasteiger charge is -2.23. The van der Waals surface area contributed by atoms with E-state index >= 15 is 0 Å². The minimum absolute atomic E-state index is 0.263. The number of aliphatic imine (C=N–C) groups is 1. The van der Waals surface area contributed by atoms with Gasteiger partial charge in [0.1, 0.15) is 17.2 Å². The Balaban J connectivity index is 2.10. The normalized spacial score (nSPS) is 12.1. The molecule has 1 aromatic heterocycles. The molecular formula is C20H32N6O2. The summed E-state index contributed by atoms with van der Waals surface area (Å²) in [5.41, 5.74) is 0.764. The van der Waals surface area contributed by atoms with Crippen LogP contribution in [0.3, 0.4) is 0 Å². The largest absolute Gasteiger partial charge is 0.488 e. The number of benzene rings is 1. The van der Waals surface area contributed by atoms with E-state index in [-0.39, 0.29) is 5.60 Å². The van der Waals surface area contributed by atoms with E-state index in [1.165, 1.54) is 0 Å². The Morgan fingerprint density at radius 3 is 2.57 bits per heavy atom. The third-order valence-electron chi connectivity index (χ3n) is 3.99. The number of aryl methyl sites for hydroxylation is 1. The van der Waals surface area contributed by atoms with Gasteiger partial charge in [-0.05, 0) is 33.8 Å². The van der Waals surface area contributed by atoms with Gasteiger partial charge >= 0.3 is 0 Å². The van der Waals surface area contributed by atoms with Crippen LogP contribution in [0.2, 0.25) is 0 Å². The van der Waals surface area contributed by atoms with Gasteiger partial charge < -0.3 is 24.7 Å². The second-order valence-electron chi connectivity index (χ2n) is 7.48. The summed E-state index contributed by atoms with van der Waals surface area (Å²) in [6.45, 7) is 10.3. The molecule has 0 aliphatic carbocycles. The molecule has 2 N–H and O–H groups in total. The van der Waals surface area contributed by atoms with E-state index in [0.29, 0.717) is 32.2 Å². The lowest BCUT2D eigenvalue weighted by molar-refractivity contribution is 0.129. The van der Waals surface area contributed by atoms with Crippen LogP contribution >= 0.6 is 0 Å². The first-order chi connectivity index (χ1) is 13.3. The van der Waals surface area contributed by atoms with Crippen LogP contribution in [0.1, 0.15) is 38.0 Å². The zero-order valence-electron chi connectivity index (χ0n) is 17.7. The molecule has 0 aliphatic heterocycles. The Hall–Kier alpha value is -2.61. The number of ether oxygens (including phenoxy) is 2. The van der Waals surface area contributed by atoms with Crippen molar-refractivity contribution >= 4 is 5.96 Å². The van der Waals surface area contributed by atoms with Crippen LogP contribution in [0.25, 0.3) is 0 Å². The highest BCUT2D eigenvalue weighted by molar-refractivity contribution is 5.79. The minimum atomic E-state index is -0.263. The summed E-state index contributed by atoms with van der Waals surface area (Å²) in [6.07, 6.45) is 0. The van der Waals surface area contributed by atoms with Crippen molar-refractivity contribution in [3.05, 3.63) is 41.5 Å². The van der Waals surface area contributed by atoms with Gasteiger partial charge in [-0.15, -0.1) is 10.2 Å². The highest BCUT2D eigenvalue weighted by atomic mass is 16.5. The van der Waals surface area contributed by atoms with Gasteiger partial charge in [-0.3, -0.25) is 0 Å². The van der Waals surface area contributed by atoms with Gasteiger partial charge in [0.25, 0.3) is 0 Å². The Morgan fingerprint density at radius 2 is 1.93 bits per heavy atom. The standard InChI is InChI=1S/C20H32N6O2/c1-15-24-25-18(26(15)5)14-23-19(21-11-12-27-6)22-13-16-9-7-8-10-17(16)28-20(2,3)4/h7-10H,11-14H2,1-6H3,(H2,21,22,23). The van der Waals surface area contributed by atoms with Crippen molar-refractivity contribution in [2.45, 2.75) is 46.4 Å². The summed E-state index contributed by atoms with van der Waals surface area (Å²) in [4.78, 5) is 4.71. The molecule has 0 bridgehead atoms. The Labute approximate surface area is 167 Å². The molecule has 0 saturated carbocycles. The summed E-state index contributed by atoms with van der Waals surface area (Å²) in [5, 5.41) is 14.8. The summed E-state index contributed by atoms with van der Waals surface area (Å²) < 4.78 is 13.1. The molecule has 1 heterocycles. The van der Waals surface area contributed by atoms with E-state index in [0.717, 1.165) is 23.0 Å². The zero-order chi connectivity index (χ0) is 20.6. The van der Waals surface area contributed by atoms with Crippen LogP contribution in [0.15, 0.2) is 29.3 Å². The van der Waals surface area contributed by atoms with Gasteiger partial charge in [-0.2, -0.15) is 0 Å². The fourth-order valence-electron chi connectivity index (χ4n) is 2.44. The van der Waals surface area contributed by atoms with Crippen molar-refractivity contribution in [1.82, 2.24) is 25.4 Å². The summed E-state index contributed by atoms with van der Waals surface area (Å²) in [5.74, 6) is 3.24. The molecular weight excluding hydrogens is 356 g/mol. The molecule has 28 heavy (non-hydrogen) atoms. The number of guanidine groups is 1. The SMILES string of the molecule is COCCNC(=NCc1ccccc1OC(C)(C)C)NCc1nnc(C)n1C. The van der Waals surface area contributed by atoms with Crippen LogP contribution in [0.4, 0.5) is 0 Å². The van der Waals surface area contributed by atoms with Crippen molar-refractivity contribution in [3.8, 4) is 5.75 Å². The van der Waals surface area contributed by atoms with Crippen LogP contribution in [0.5, 0.6) is 5.75 Å². The van der Waals surface area contributed by atoms with Crippen LogP contribution < -0.4 is 15.4 Å². The molecule has 0 spiro atoms. The summed E-state index contributed by atoms with van der Waals surface area (Å²) in [7, 11) is 3.62. The molecule has 0 atom stereocenters. The van der Waals surface area contributed by atoms with Crippen LogP contribution in [0, 0.1) is 6.92 Å². The van der Waals surface area contributed by atoms with Crippen molar-refractivity contribution < 1.29 is 9.47 Å². The third-order valence-corrected chi connectivity index (χ3v) is 3.99. The van der Waals surface area contributed by atoms with Crippen molar-refractivity contribution in [1.29, 1.82) is 0 Å². The van der Waals surface area contributed by atoms with Gasteiger partial charge in [0.05, 0.1) is 19.7 Å². The highest BCUT2D eigenvalue weighted by Gasteiger charge is 2.14. The van der Waals surface area contributed by atoms with E-state index < -0.39 is 0 Å². The number of aromatic nitrogens is 3. The number of hydrogen-bond donors (Lipinski definition) is 2. The number of hydrogen-bond acceptors (Lipinski definition) is 5. The molecule has 154 valence electrons. The second kappa shape index (κ2) is 10.1. The summed E-state index contributed by atoms with van der Waals surface area (Å²) >= 11 is 0. The lowest BCUT2D eigenvalue weighted by atomic mass is 10.1. The molecule has 1 aromatic carbocycles. The van der Waals surface area contributed by atoms with E-state index in [1.54, 1.807) is 7.11 Å². The van der Waals surface area contributed by atoms with Gasteiger partial charge in [-0.1, -0.05) is 18.2 Å². The predicted octanol–water partition coefficient (Wildman–Crippen LogP) is 2.18. The molecule has 0 saturated heterocycles. The molecule has 8 heteroatoms. The van der Waals surface area contributed by atoms with Gasteiger partial charge in [0.15, 0.2) is 11.8 Å². The maximum atomic E-state index is 6.06. The molecule has 0 fully saturated rings. The number of para-hydroxylation sites is 1. The Bertz CT molecular complexity index is 779. The van der Waals surface area contributed by atoms with Gasteiger partial charge in [0.2, 0.25) is 0 Å². The fraction of sp³-hybridized carbons (Fsp3) is 0.550. The smallest absolute Gasteiger partial charge is 0.192 e. The Kier molecular flexibility index (Phi) is 7.80. The van der Waals surface area contributed by atoms with Crippen LogP contribution in [-0.4, -0.2) is 46.6 Å². The first-order valence-electron chi connectivity index (χ1n) is 9.43.